The molecule has 1 aliphatic carbocycles. The quantitative estimate of drug-likeness (QED) is 0.709. The monoisotopic (exact) mass is 414 g/mol. The zero-order valence-electron chi connectivity index (χ0n) is 18.1. The van der Waals surface area contributed by atoms with E-state index in [9.17, 15) is 0 Å². The van der Waals surface area contributed by atoms with Gasteiger partial charge in [-0.1, -0.05) is 36.3 Å². The summed E-state index contributed by atoms with van der Waals surface area (Å²) < 4.78 is 18.0. The second kappa shape index (κ2) is 6.90. The third kappa shape index (κ3) is 2.79. The summed E-state index contributed by atoms with van der Waals surface area (Å²) in [6.07, 6.45) is 12.2. The molecular weight excluding hydrogens is 388 g/mol. The highest BCUT2D eigenvalue weighted by Crippen LogP contribution is 2.62. The van der Waals surface area contributed by atoms with Gasteiger partial charge in [0.25, 0.3) is 6.02 Å². The Bertz CT molecular complexity index is 1150. The predicted octanol–water partition coefficient (Wildman–Crippen LogP) is 3.87. The molecule has 4 aliphatic rings. The first-order valence-electron chi connectivity index (χ1n) is 10.5. The lowest BCUT2D eigenvalue weighted by molar-refractivity contribution is -0.247. The molecule has 1 fully saturated rings. The smallest absolute Gasteiger partial charge is 0.283 e. The molecule has 0 saturated carbocycles. The molecule has 1 atom stereocenters. The van der Waals surface area contributed by atoms with Crippen LogP contribution in [0.2, 0.25) is 0 Å². The van der Waals surface area contributed by atoms with E-state index in [1.54, 1.807) is 0 Å². The molecule has 1 aromatic rings. The van der Waals surface area contributed by atoms with Crippen LogP contribution in [0.3, 0.4) is 0 Å². The number of benzene rings is 1. The summed E-state index contributed by atoms with van der Waals surface area (Å²) in [6.45, 7) is 7.54. The van der Waals surface area contributed by atoms with Crippen molar-refractivity contribution in [1.29, 1.82) is 0 Å². The number of allylic oxidation sites excluding steroid dienone is 8. The molecule has 0 aromatic heterocycles. The first-order valence-corrected chi connectivity index (χ1v) is 10.5. The van der Waals surface area contributed by atoms with Gasteiger partial charge in [0.1, 0.15) is 23.5 Å². The molecule has 1 unspecified atom stereocenters. The van der Waals surface area contributed by atoms with Gasteiger partial charge in [-0.25, -0.2) is 4.99 Å². The molecule has 2 spiro atoms. The Labute approximate surface area is 183 Å². The SMILES string of the molecule is CC#CC1=C/C(c2ccc3c(c2)C2(COC(N)=N2)C2(COC2)C(C)(C)O3)=C\C=C\C=C\1. The molecule has 5 heteroatoms. The van der Waals surface area contributed by atoms with Gasteiger partial charge in [-0.15, -0.1) is 5.92 Å². The summed E-state index contributed by atoms with van der Waals surface area (Å²) in [5.41, 5.74) is 8.66. The van der Waals surface area contributed by atoms with Crippen molar-refractivity contribution in [3.63, 3.8) is 0 Å². The van der Waals surface area contributed by atoms with Crippen LogP contribution in [0.4, 0.5) is 0 Å². The summed E-state index contributed by atoms with van der Waals surface area (Å²) in [7, 11) is 0. The van der Waals surface area contributed by atoms with E-state index >= 15 is 0 Å². The highest BCUT2D eigenvalue weighted by atomic mass is 16.5. The fraction of sp³-hybridized carbons (Fsp3) is 0.346. The number of nitrogens with two attached hydrogens (primary N) is 1. The minimum atomic E-state index is -0.643. The predicted molar refractivity (Wildman–Crippen MR) is 121 cm³/mol. The molecule has 3 aliphatic heterocycles. The van der Waals surface area contributed by atoms with E-state index in [0.29, 0.717) is 19.8 Å². The van der Waals surface area contributed by atoms with Gasteiger partial charge in [0.15, 0.2) is 0 Å². The number of amidine groups is 1. The van der Waals surface area contributed by atoms with Gasteiger partial charge in [0.05, 0.1) is 18.6 Å². The van der Waals surface area contributed by atoms with Crippen LogP contribution in [0, 0.1) is 17.3 Å². The van der Waals surface area contributed by atoms with Gasteiger partial charge < -0.3 is 19.9 Å². The zero-order valence-corrected chi connectivity index (χ0v) is 18.1. The lowest BCUT2D eigenvalue weighted by atomic mass is 9.55. The Kier molecular flexibility index (Phi) is 4.39. The van der Waals surface area contributed by atoms with E-state index in [4.69, 9.17) is 24.9 Å². The molecule has 31 heavy (non-hydrogen) atoms. The van der Waals surface area contributed by atoms with E-state index in [1.165, 1.54) is 0 Å². The van der Waals surface area contributed by atoms with Crippen molar-refractivity contribution in [2.75, 3.05) is 19.8 Å². The number of rotatable bonds is 1. The first kappa shape index (κ1) is 19.7. The Balaban J connectivity index is 1.69. The van der Waals surface area contributed by atoms with Crippen LogP contribution >= 0.6 is 0 Å². The molecule has 2 N–H and O–H groups in total. The summed E-state index contributed by atoms with van der Waals surface area (Å²) >= 11 is 0. The van der Waals surface area contributed by atoms with Crippen molar-refractivity contribution in [2.24, 2.45) is 16.1 Å². The van der Waals surface area contributed by atoms with Crippen molar-refractivity contribution in [1.82, 2.24) is 0 Å². The van der Waals surface area contributed by atoms with Gasteiger partial charge >= 0.3 is 0 Å². The molecule has 1 aromatic carbocycles. The molecule has 0 radical (unpaired) electrons. The Morgan fingerprint density at radius 3 is 2.61 bits per heavy atom. The standard InChI is InChI=1S/C26H26N2O3/c1-4-8-18-9-6-5-7-10-19(13-18)20-11-12-22-21(14-20)26(17-30-23(27)28-26)25(15-29-16-25)24(2,3)31-22/h5-7,9-14H,15-17H2,1-3H3,(H2,27,28)/b6-5?,7-5+,9-6+,10-7?,18-9?,18-13-,19-10+,19-13?. The van der Waals surface area contributed by atoms with E-state index in [-0.39, 0.29) is 11.4 Å². The van der Waals surface area contributed by atoms with Crippen LogP contribution < -0.4 is 10.5 Å². The van der Waals surface area contributed by atoms with Gasteiger partial charge in [0.2, 0.25) is 0 Å². The number of hydrogen-bond acceptors (Lipinski definition) is 5. The molecule has 0 amide bonds. The minimum absolute atomic E-state index is 0.221. The summed E-state index contributed by atoms with van der Waals surface area (Å²) in [5.74, 6) is 6.96. The average molecular weight is 415 g/mol. The maximum absolute atomic E-state index is 6.52. The summed E-state index contributed by atoms with van der Waals surface area (Å²) in [5, 5.41) is 0. The van der Waals surface area contributed by atoms with Gasteiger partial charge in [-0.05, 0) is 56.2 Å². The highest BCUT2D eigenvalue weighted by Gasteiger charge is 2.71. The summed E-state index contributed by atoms with van der Waals surface area (Å²) in [6, 6.07) is 6.50. The number of hydrogen-bond donors (Lipinski definition) is 1. The Morgan fingerprint density at radius 2 is 1.94 bits per heavy atom. The third-order valence-corrected chi connectivity index (χ3v) is 6.85. The fourth-order valence-electron chi connectivity index (χ4n) is 5.00. The van der Waals surface area contributed by atoms with E-state index in [1.807, 2.05) is 37.3 Å². The van der Waals surface area contributed by atoms with Gasteiger partial charge in [0, 0.05) is 11.1 Å². The minimum Gasteiger partial charge on any atom is -0.487 e. The van der Waals surface area contributed by atoms with Crippen molar-refractivity contribution in [2.45, 2.75) is 31.9 Å². The van der Waals surface area contributed by atoms with Crippen LogP contribution in [-0.2, 0) is 15.0 Å². The highest BCUT2D eigenvalue weighted by molar-refractivity contribution is 5.80. The lowest BCUT2D eigenvalue weighted by Crippen LogP contribution is -2.71. The van der Waals surface area contributed by atoms with Crippen LogP contribution in [0.1, 0.15) is 31.9 Å². The zero-order chi connectivity index (χ0) is 21.7. The van der Waals surface area contributed by atoms with Gasteiger partial charge in [-0.2, -0.15) is 0 Å². The second-order valence-electron chi connectivity index (χ2n) is 8.84. The van der Waals surface area contributed by atoms with E-state index in [0.717, 1.165) is 28.0 Å². The second-order valence-corrected chi connectivity index (χ2v) is 8.84. The van der Waals surface area contributed by atoms with Crippen molar-refractivity contribution < 1.29 is 14.2 Å². The normalized spacial score (nSPS) is 32.2. The van der Waals surface area contributed by atoms with Crippen molar-refractivity contribution >= 4 is 11.6 Å². The van der Waals surface area contributed by atoms with Crippen molar-refractivity contribution in [3.05, 3.63) is 71.4 Å². The van der Waals surface area contributed by atoms with Gasteiger partial charge in [-0.3, -0.25) is 0 Å². The van der Waals surface area contributed by atoms with Crippen LogP contribution in [0.15, 0.2) is 65.2 Å². The van der Waals surface area contributed by atoms with Crippen LogP contribution in [0.25, 0.3) is 5.57 Å². The number of nitrogens with zero attached hydrogens (tertiary/aromatic N) is 1. The van der Waals surface area contributed by atoms with Crippen LogP contribution in [0.5, 0.6) is 5.75 Å². The molecule has 5 nitrogen and oxygen atoms in total. The first-order chi connectivity index (χ1) is 14.9. The van der Waals surface area contributed by atoms with Crippen molar-refractivity contribution in [3.8, 4) is 17.6 Å². The number of aliphatic imine (C=N–C) groups is 1. The molecule has 158 valence electrons. The molecule has 5 rings (SSSR count). The average Bonchev–Trinajstić information content (AvgIpc) is 3.04. The summed E-state index contributed by atoms with van der Waals surface area (Å²) in [4.78, 5) is 4.89. The maximum atomic E-state index is 6.52. The molecule has 0 bridgehead atoms. The number of ether oxygens (including phenoxy) is 3. The maximum Gasteiger partial charge on any atom is 0.283 e. The van der Waals surface area contributed by atoms with E-state index in [2.05, 4.69) is 50.0 Å². The molecule has 1 saturated heterocycles. The fourth-order valence-corrected chi connectivity index (χ4v) is 5.00. The molecule has 3 heterocycles. The van der Waals surface area contributed by atoms with Crippen LogP contribution in [-0.4, -0.2) is 31.4 Å². The Morgan fingerprint density at radius 1 is 1.10 bits per heavy atom. The number of fused-ring (bicyclic) bond motifs is 3. The topological polar surface area (TPSA) is 66.1 Å². The lowest BCUT2D eigenvalue weighted by Gasteiger charge is -2.61. The largest absolute Gasteiger partial charge is 0.487 e. The van der Waals surface area contributed by atoms with E-state index < -0.39 is 11.1 Å². The Hall–Kier alpha value is -3.23. The molecular formula is C26H26N2O3. The third-order valence-electron chi connectivity index (χ3n) is 6.85.